The molecule has 0 radical (unpaired) electrons. The fraction of sp³-hybridized carbons (Fsp3) is 0.429. The average Bonchev–Trinajstić information content (AvgIpc) is 3.09. The van der Waals surface area contributed by atoms with Crippen molar-refractivity contribution in [1.29, 1.82) is 0 Å². The lowest BCUT2D eigenvalue weighted by molar-refractivity contribution is 0.395. The maximum Gasteiger partial charge on any atom is 0.347 e. The molecule has 0 unspecified atom stereocenters. The zero-order chi connectivity index (χ0) is 14.7. The van der Waals surface area contributed by atoms with E-state index in [9.17, 15) is 9.59 Å². The van der Waals surface area contributed by atoms with Gasteiger partial charge in [-0.3, -0.25) is 0 Å². The molecule has 1 aliphatic carbocycles. The Morgan fingerprint density at radius 1 is 0.952 bits per heavy atom. The smallest absolute Gasteiger partial charge is 0.246 e. The number of aromatic nitrogens is 3. The Balaban J connectivity index is 1.83. The summed E-state index contributed by atoms with van der Waals surface area (Å²) in [5.74, 6) is 0. The van der Waals surface area contributed by atoms with Crippen molar-refractivity contribution in [2.75, 3.05) is 0 Å². The van der Waals surface area contributed by atoms with E-state index in [1.54, 1.807) is 9.36 Å². The molecule has 0 amide bonds. The largest absolute Gasteiger partial charge is 0.347 e. The number of hydrogen-bond donors (Lipinski definition) is 0. The van der Waals surface area contributed by atoms with E-state index < -0.39 is 0 Å². The Morgan fingerprint density at radius 2 is 1.48 bits per heavy atom. The van der Waals surface area contributed by atoms with Crippen LogP contribution in [0, 0.1) is 0 Å². The first-order chi connectivity index (χ1) is 10.1. The summed E-state index contributed by atoms with van der Waals surface area (Å²) in [5.41, 5.74) is 0.542. The van der Waals surface area contributed by atoms with E-state index in [4.69, 9.17) is 0 Å². The molecule has 1 aliphatic heterocycles. The third-order valence-corrected chi connectivity index (χ3v) is 7.49. The summed E-state index contributed by atoms with van der Waals surface area (Å²) in [6.07, 6.45) is 0.836. The maximum atomic E-state index is 12.6. The molecule has 0 saturated heterocycles. The number of alkyl halides is 2. The summed E-state index contributed by atoms with van der Waals surface area (Å²) >= 11 is 7.27. The number of benzene rings is 1. The second-order valence-corrected chi connectivity index (χ2v) is 7.70. The van der Waals surface area contributed by atoms with Gasteiger partial charge in [-0.15, -0.1) is 0 Å². The monoisotopic (exact) mass is 413 g/mol. The third kappa shape index (κ3) is 1.80. The highest BCUT2D eigenvalue weighted by atomic mass is 79.9. The molecule has 0 N–H and O–H groups in total. The van der Waals surface area contributed by atoms with Gasteiger partial charge in [0.2, 0.25) is 0 Å². The minimum absolute atomic E-state index is 0.0524. The molecule has 1 fully saturated rings. The van der Waals surface area contributed by atoms with E-state index in [-0.39, 0.29) is 33.1 Å². The fourth-order valence-corrected chi connectivity index (χ4v) is 5.00. The molecular weight excluding hydrogens is 402 g/mol. The van der Waals surface area contributed by atoms with Gasteiger partial charge in [0.25, 0.3) is 0 Å². The van der Waals surface area contributed by atoms with Crippen molar-refractivity contribution in [3.63, 3.8) is 0 Å². The number of hydrogen-bond acceptors (Lipinski definition) is 2. The minimum atomic E-state index is -0.208. The van der Waals surface area contributed by atoms with Gasteiger partial charge in [0.05, 0.1) is 28.3 Å². The lowest BCUT2D eigenvalue weighted by Gasteiger charge is -2.24. The average molecular weight is 415 g/mol. The van der Waals surface area contributed by atoms with Crippen LogP contribution in [0.25, 0.3) is 0 Å². The fourth-order valence-electron chi connectivity index (χ4n) is 3.42. The van der Waals surface area contributed by atoms with Crippen molar-refractivity contribution >= 4 is 31.9 Å². The van der Waals surface area contributed by atoms with Gasteiger partial charge in [-0.05, 0) is 12.0 Å². The van der Waals surface area contributed by atoms with Gasteiger partial charge in [-0.25, -0.2) is 23.5 Å². The number of nitrogens with zero attached hydrogens (tertiary/aromatic N) is 3. The molecule has 4 rings (SSSR count). The van der Waals surface area contributed by atoms with Crippen LogP contribution in [0.3, 0.4) is 0 Å². The number of fused-ring (bicyclic) bond motifs is 5. The molecule has 2 heterocycles. The second kappa shape index (κ2) is 4.71. The zero-order valence-corrected chi connectivity index (χ0v) is 14.2. The first-order valence-corrected chi connectivity index (χ1v) is 8.68. The van der Waals surface area contributed by atoms with Gasteiger partial charge in [-0.2, -0.15) is 0 Å². The molecule has 1 aromatic heterocycles. The lowest BCUT2D eigenvalue weighted by atomic mass is 10.2. The molecule has 1 aromatic carbocycles. The van der Waals surface area contributed by atoms with Crippen molar-refractivity contribution < 1.29 is 0 Å². The van der Waals surface area contributed by atoms with Crippen LogP contribution in [0.5, 0.6) is 0 Å². The molecule has 7 heteroatoms. The summed E-state index contributed by atoms with van der Waals surface area (Å²) in [6.45, 7) is 0.324. The van der Waals surface area contributed by atoms with Crippen molar-refractivity contribution in [2.45, 2.75) is 34.7 Å². The normalized spacial score (nSPS) is 29.8. The Bertz CT molecular complexity index is 762. The molecule has 0 spiro atoms. The van der Waals surface area contributed by atoms with Crippen molar-refractivity contribution in [2.24, 2.45) is 0 Å². The van der Waals surface area contributed by atoms with Gasteiger partial charge in [-0.1, -0.05) is 62.2 Å². The zero-order valence-electron chi connectivity index (χ0n) is 11.0. The molecule has 4 atom stereocenters. The minimum Gasteiger partial charge on any atom is -0.246 e. The standard InChI is InChI=1S/C14H13Br2N3O2/c15-11-9-6-10(12(11)16)19-14(21)17(13(20)18(9)19)7-8-4-2-1-3-5-8/h1-5,9-12H,6-7H2/t9-,10-,11+,12+/m0/s1. The maximum absolute atomic E-state index is 12.6. The van der Waals surface area contributed by atoms with E-state index in [1.807, 2.05) is 30.3 Å². The Kier molecular flexibility index (Phi) is 3.04. The summed E-state index contributed by atoms with van der Waals surface area (Å²) in [4.78, 5) is 25.6. The van der Waals surface area contributed by atoms with Crippen LogP contribution in [0.2, 0.25) is 0 Å². The molecule has 1 saturated carbocycles. The molecule has 2 aromatic rings. The number of rotatable bonds is 2. The molecule has 110 valence electrons. The van der Waals surface area contributed by atoms with Crippen LogP contribution in [0.4, 0.5) is 0 Å². The van der Waals surface area contributed by atoms with Gasteiger partial charge in [0.1, 0.15) is 0 Å². The van der Waals surface area contributed by atoms with Crippen molar-refractivity contribution in [3.05, 3.63) is 56.9 Å². The van der Waals surface area contributed by atoms with E-state index in [0.29, 0.717) is 6.54 Å². The lowest BCUT2D eigenvalue weighted by Crippen LogP contribution is -2.38. The quantitative estimate of drug-likeness (QED) is 0.704. The Hall–Kier alpha value is -1.08. The van der Waals surface area contributed by atoms with Gasteiger partial charge < -0.3 is 0 Å². The first-order valence-electron chi connectivity index (χ1n) is 6.85. The van der Waals surface area contributed by atoms with Gasteiger partial charge in [0.15, 0.2) is 0 Å². The summed E-state index contributed by atoms with van der Waals surface area (Å²) in [7, 11) is 0. The summed E-state index contributed by atoms with van der Waals surface area (Å²) in [6, 6.07) is 9.70. The highest BCUT2D eigenvalue weighted by molar-refractivity contribution is 9.12. The van der Waals surface area contributed by atoms with Crippen LogP contribution in [-0.2, 0) is 6.54 Å². The highest BCUT2D eigenvalue weighted by Crippen LogP contribution is 2.49. The molecule has 2 bridgehead atoms. The van der Waals surface area contributed by atoms with Crippen LogP contribution >= 0.6 is 31.9 Å². The third-order valence-electron chi connectivity index (χ3n) is 4.42. The molecule has 21 heavy (non-hydrogen) atoms. The SMILES string of the molecule is O=c1n(Cc2ccccc2)c(=O)n2n1[C@H]1C[C@H]2[C@@H](Br)[C@@H]1Br. The first kappa shape index (κ1) is 13.6. The van der Waals surface area contributed by atoms with E-state index in [0.717, 1.165) is 12.0 Å². The molecule has 2 aliphatic rings. The van der Waals surface area contributed by atoms with Crippen LogP contribution in [0.1, 0.15) is 24.1 Å². The Labute approximate surface area is 137 Å². The number of halogens is 2. The van der Waals surface area contributed by atoms with E-state index in [2.05, 4.69) is 31.9 Å². The van der Waals surface area contributed by atoms with Gasteiger partial charge in [0, 0.05) is 0 Å². The van der Waals surface area contributed by atoms with E-state index >= 15 is 0 Å². The second-order valence-electron chi connectivity index (χ2n) is 5.59. The molecule has 5 nitrogen and oxygen atoms in total. The van der Waals surface area contributed by atoms with Crippen LogP contribution < -0.4 is 11.4 Å². The van der Waals surface area contributed by atoms with Gasteiger partial charge >= 0.3 is 11.4 Å². The van der Waals surface area contributed by atoms with Crippen molar-refractivity contribution in [3.8, 4) is 0 Å². The highest BCUT2D eigenvalue weighted by Gasteiger charge is 2.51. The predicted octanol–water partition coefficient (Wildman–Crippen LogP) is 1.89. The Morgan fingerprint density at radius 3 is 2.00 bits per heavy atom. The van der Waals surface area contributed by atoms with Crippen LogP contribution in [-0.4, -0.2) is 23.6 Å². The topological polar surface area (TPSA) is 48.9 Å². The van der Waals surface area contributed by atoms with Crippen LogP contribution in [0.15, 0.2) is 39.9 Å². The summed E-state index contributed by atoms with van der Waals surface area (Å²) < 4.78 is 4.60. The summed E-state index contributed by atoms with van der Waals surface area (Å²) in [5, 5.41) is 0. The predicted molar refractivity (Wildman–Crippen MR) is 86.6 cm³/mol. The van der Waals surface area contributed by atoms with Crippen molar-refractivity contribution in [1.82, 2.24) is 13.9 Å². The van der Waals surface area contributed by atoms with E-state index in [1.165, 1.54) is 4.57 Å². The molecular formula is C14H13Br2N3O2.